The maximum atomic E-state index is 12.9. The van der Waals surface area contributed by atoms with E-state index in [1.807, 2.05) is 31.2 Å². The van der Waals surface area contributed by atoms with Gasteiger partial charge in [-0.2, -0.15) is 5.26 Å². The molecule has 1 N–H and O–H groups in total. The largest absolute Gasteiger partial charge is 0.494 e. The first-order valence-corrected chi connectivity index (χ1v) is 10.4. The van der Waals surface area contributed by atoms with Gasteiger partial charge in [0.25, 0.3) is 0 Å². The van der Waals surface area contributed by atoms with Gasteiger partial charge in [-0.05, 0) is 43.3 Å². The molecule has 150 valence electrons. The second-order valence-electron chi connectivity index (χ2n) is 6.57. The molecule has 2 aromatic carbocycles. The van der Waals surface area contributed by atoms with Crippen LogP contribution >= 0.6 is 11.8 Å². The lowest BCUT2D eigenvalue weighted by atomic mass is 10.1. The molecule has 30 heavy (non-hydrogen) atoms. The maximum Gasteiger partial charge on any atom is 0.244 e. The number of thioether (sulfide) groups is 1. The van der Waals surface area contributed by atoms with Gasteiger partial charge in [-0.1, -0.05) is 23.9 Å². The number of amides is 2. The van der Waals surface area contributed by atoms with Crippen LogP contribution in [0.5, 0.6) is 5.75 Å². The number of hydrogen-bond acceptors (Lipinski definition) is 6. The molecule has 1 aromatic heterocycles. The fraction of sp³-hybridized carbons (Fsp3) is 0.182. The van der Waals surface area contributed by atoms with Crippen molar-refractivity contribution < 1.29 is 14.3 Å². The Hall–Kier alpha value is -3.57. The van der Waals surface area contributed by atoms with E-state index in [-0.39, 0.29) is 24.1 Å². The van der Waals surface area contributed by atoms with Crippen LogP contribution in [0.3, 0.4) is 0 Å². The Morgan fingerprint density at radius 3 is 2.93 bits per heavy atom. The number of fused-ring (bicyclic) bond motifs is 2. The molecule has 0 atom stereocenters. The SMILES string of the molecule is CCOc1ccc2nc(SCC(=O)N3CC(=O)Nc4ccccc43)c(C#N)cc2c1. The van der Waals surface area contributed by atoms with Gasteiger partial charge in [-0.3, -0.25) is 9.59 Å². The minimum absolute atomic E-state index is 0.0349. The van der Waals surface area contributed by atoms with Crippen LogP contribution < -0.4 is 15.0 Å². The average Bonchev–Trinajstić information content (AvgIpc) is 2.76. The van der Waals surface area contributed by atoms with Crippen LogP contribution in [0.1, 0.15) is 12.5 Å². The lowest BCUT2D eigenvalue weighted by Crippen LogP contribution is -2.43. The third-order valence-corrected chi connectivity index (χ3v) is 5.56. The molecule has 0 aliphatic carbocycles. The zero-order chi connectivity index (χ0) is 21.1. The number of hydrogen-bond donors (Lipinski definition) is 1. The molecule has 4 rings (SSSR count). The minimum Gasteiger partial charge on any atom is -0.494 e. The van der Waals surface area contributed by atoms with E-state index in [1.54, 1.807) is 24.3 Å². The van der Waals surface area contributed by atoms with E-state index in [2.05, 4.69) is 16.4 Å². The van der Waals surface area contributed by atoms with Gasteiger partial charge in [-0.15, -0.1) is 0 Å². The summed E-state index contributed by atoms with van der Waals surface area (Å²) in [6, 6.07) is 16.6. The molecule has 0 saturated carbocycles. The summed E-state index contributed by atoms with van der Waals surface area (Å²) in [6.07, 6.45) is 0. The maximum absolute atomic E-state index is 12.9. The van der Waals surface area contributed by atoms with Gasteiger partial charge in [0, 0.05) is 5.39 Å². The molecule has 1 aliphatic heterocycles. The summed E-state index contributed by atoms with van der Waals surface area (Å²) in [6.45, 7) is 2.43. The van der Waals surface area contributed by atoms with Gasteiger partial charge in [-0.25, -0.2) is 4.98 Å². The number of nitrogens with zero attached hydrogens (tertiary/aromatic N) is 3. The topological polar surface area (TPSA) is 95.3 Å². The number of rotatable bonds is 5. The Balaban J connectivity index is 1.56. The number of nitriles is 1. The summed E-state index contributed by atoms with van der Waals surface area (Å²) < 4.78 is 5.50. The van der Waals surface area contributed by atoms with Crippen LogP contribution in [0.4, 0.5) is 11.4 Å². The average molecular weight is 418 g/mol. The van der Waals surface area contributed by atoms with E-state index < -0.39 is 0 Å². The quantitative estimate of drug-likeness (QED) is 0.637. The number of carbonyl (C=O) groups is 2. The lowest BCUT2D eigenvalue weighted by Gasteiger charge is -2.29. The van der Waals surface area contributed by atoms with Gasteiger partial charge in [0.2, 0.25) is 11.8 Å². The van der Waals surface area contributed by atoms with E-state index in [0.717, 1.165) is 10.9 Å². The van der Waals surface area contributed by atoms with Gasteiger partial charge in [0.1, 0.15) is 23.4 Å². The summed E-state index contributed by atoms with van der Waals surface area (Å²) in [4.78, 5) is 30.8. The summed E-state index contributed by atoms with van der Waals surface area (Å²) in [5.41, 5.74) is 2.39. The smallest absolute Gasteiger partial charge is 0.244 e. The Morgan fingerprint density at radius 1 is 1.30 bits per heavy atom. The molecule has 7 nitrogen and oxygen atoms in total. The number of aromatic nitrogens is 1. The number of pyridine rings is 1. The molecule has 0 bridgehead atoms. The van der Waals surface area contributed by atoms with Crippen LogP contribution in [0.15, 0.2) is 53.6 Å². The van der Waals surface area contributed by atoms with E-state index in [9.17, 15) is 14.9 Å². The Morgan fingerprint density at radius 2 is 2.13 bits per heavy atom. The molecular weight excluding hydrogens is 400 g/mol. The van der Waals surface area contributed by atoms with Crippen molar-refractivity contribution in [3.63, 3.8) is 0 Å². The first kappa shape index (κ1) is 19.7. The summed E-state index contributed by atoms with van der Waals surface area (Å²) in [5.74, 6) is 0.318. The van der Waals surface area contributed by atoms with Crippen molar-refractivity contribution in [1.29, 1.82) is 5.26 Å². The fourth-order valence-electron chi connectivity index (χ4n) is 3.25. The van der Waals surface area contributed by atoms with Crippen molar-refractivity contribution in [2.24, 2.45) is 0 Å². The molecule has 0 fully saturated rings. The predicted molar refractivity (Wildman–Crippen MR) is 116 cm³/mol. The summed E-state index contributed by atoms with van der Waals surface area (Å²) in [5, 5.41) is 13.6. The van der Waals surface area contributed by atoms with Crippen LogP contribution in [0, 0.1) is 11.3 Å². The van der Waals surface area contributed by atoms with Crippen LogP contribution in [-0.4, -0.2) is 35.7 Å². The molecule has 0 spiro atoms. The van der Waals surface area contributed by atoms with Crippen LogP contribution in [0.2, 0.25) is 0 Å². The molecule has 2 heterocycles. The molecule has 0 radical (unpaired) electrons. The van der Waals surface area contributed by atoms with Gasteiger partial charge >= 0.3 is 0 Å². The van der Waals surface area contributed by atoms with Crippen molar-refractivity contribution in [3.05, 3.63) is 54.1 Å². The molecule has 3 aromatic rings. The first-order valence-electron chi connectivity index (χ1n) is 9.39. The highest BCUT2D eigenvalue weighted by atomic mass is 32.2. The Bertz CT molecular complexity index is 1190. The van der Waals surface area contributed by atoms with E-state index in [4.69, 9.17) is 4.74 Å². The molecule has 8 heteroatoms. The second-order valence-corrected chi connectivity index (χ2v) is 7.54. The highest BCUT2D eigenvalue weighted by Gasteiger charge is 2.26. The molecule has 1 aliphatic rings. The number of para-hydroxylation sites is 2. The lowest BCUT2D eigenvalue weighted by molar-refractivity contribution is -0.120. The molecule has 0 saturated heterocycles. The van der Waals surface area contributed by atoms with Gasteiger partial charge in [0.15, 0.2) is 0 Å². The molecular formula is C22H18N4O3S. The van der Waals surface area contributed by atoms with Crippen LogP contribution in [-0.2, 0) is 9.59 Å². The van der Waals surface area contributed by atoms with Crippen molar-refractivity contribution in [3.8, 4) is 11.8 Å². The standard InChI is InChI=1S/C22H18N4O3S/c1-2-29-16-7-8-17-14(10-16)9-15(11-23)22(25-17)30-13-21(28)26-12-20(27)24-18-5-3-4-6-19(18)26/h3-10H,2,12-13H2,1H3,(H,24,27). The van der Waals surface area contributed by atoms with E-state index in [0.29, 0.717) is 34.3 Å². The van der Waals surface area contributed by atoms with Gasteiger partial charge < -0.3 is 15.0 Å². The minimum atomic E-state index is -0.237. The zero-order valence-electron chi connectivity index (χ0n) is 16.2. The first-order chi connectivity index (χ1) is 14.6. The monoisotopic (exact) mass is 418 g/mol. The summed E-state index contributed by atoms with van der Waals surface area (Å²) >= 11 is 1.19. The van der Waals surface area contributed by atoms with Crippen molar-refractivity contribution in [2.45, 2.75) is 11.9 Å². The highest BCUT2D eigenvalue weighted by molar-refractivity contribution is 8.00. The predicted octanol–water partition coefficient (Wildman–Crippen LogP) is 3.58. The number of benzene rings is 2. The number of carbonyl (C=O) groups excluding carboxylic acids is 2. The van der Waals surface area contributed by atoms with Gasteiger partial charge in [0.05, 0.1) is 34.8 Å². The molecule has 2 amide bonds. The number of anilines is 2. The van der Waals surface area contributed by atoms with Crippen molar-refractivity contribution >= 4 is 45.9 Å². The number of ether oxygens (including phenoxy) is 1. The molecule has 0 unspecified atom stereocenters. The van der Waals surface area contributed by atoms with E-state index >= 15 is 0 Å². The van der Waals surface area contributed by atoms with E-state index in [1.165, 1.54) is 16.7 Å². The normalized spacial score (nSPS) is 12.8. The Kier molecular flexibility index (Phi) is 5.55. The number of nitrogens with one attached hydrogen (secondary N) is 1. The fourth-order valence-corrected chi connectivity index (χ4v) is 4.09. The third-order valence-electron chi connectivity index (χ3n) is 4.59. The second kappa shape index (κ2) is 8.43. The third kappa shape index (κ3) is 3.93. The zero-order valence-corrected chi connectivity index (χ0v) is 17.0. The van der Waals surface area contributed by atoms with Crippen molar-refractivity contribution in [1.82, 2.24) is 4.98 Å². The highest BCUT2D eigenvalue weighted by Crippen LogP contribution is 2.31. The Labute approximate surface area is 177 Å². The van der Waals surface area contributed by atoms with Crippen LogP contribution in [0.25, 0.3) is 10.9 Å². The summed E-state index contributed by atoms with van der Waals surface area (Å²) in [7, 11) is 0. The van der Waals surface area contributed by atoms with Crippen molar-refractivity contribution in [2.75, 3.05) is 29.1 Å².